The van der Waals surface area contributed by atoms with E-state index < -0.39 is 11.6 Å². The van der Waals surface area contributed by atoms with Gasteiger partial charge in [0.1, 0.15) is 17.4 Å². The maximum absolute atomic E-state index is 13.2. The van der Waals surface area contributed by atoms with Gasteiger partial charge in [0, 0.05) is 16.7 Å². The molecule has 0 atom stereocenters. The predicted octanol–water partition coefficient (Wildman–Crippen LogP) is 3.55. The number of rotatable bonds is 3. The Hall–Kier alpha value is -1.36. The number of hydrogen-bond donors (Lipinski definition) is 0. The Bertz CT molecular complexity index is 498. The number of halogens is 2. The lowest BCUT2D eigenvalue weighted by atomic mass is 10.3. The van der Waals surface area contributed by atoms with Crippen molar-refractivity contribution in [2.24, 2.45) is 0 Å². The minimum Gasteiger partial charge on any atom is -0.361 e. The average Bonchev–Trinajstić information content (AvgIpc) is 2.66. The van der Waals surface area contributed by atoms with Crippen LogP contribution >= 0.6 is 11.8 Å². The van der Waals surface area contributed by atoms with E-state index in [0.29, 0.717) is 17.2 Å². The molecule has 0 radical (unpaired) electrons. The molecule has 0 spiro atoms. The van der Waals surface area contributed by atoms with Gasteiger partial charge in [0.15, 0.2) is 0 Å². The van der Waals surface area contributed by atoms with Gasteiger partial charge in [-0.2, -0.15) is 0 Å². The van der Waals surface area contributed by atoms with Gasteiger partial charge in [0.05, 0.1) is 5.69 Å². The summed E-state index contributed by atoms with van der Waals surface area (Å²) in [5.74, 6) is 0.291. The van der Waals surface area contributed by atoms with E-state index in [1.54, 1.807) is 13.0 Å². The van der Waals surface area contributed by atoms with Crippen LogP contribution in [-0.2, 0) is 5.75 Å². The van der Waals surface area contributed by atoms with Crippen LogP contribution in [0.5, 0.6) is 0 Å². The normalized spacial score (nSPS) is 10.7. The van der Waals surface area contributed by atoms with Crippen molar-refractivity contribution < 1.29 is 13.3 Å². The first-order chi connectivity index (χ1) is 7.65. The van der Waals surface area contributed by atoms with Gasteiger partial charge in [0.25, 0.3) is 0 Å². The van der Waals surface area contributed by atoms with Crippen LogP contribution in [0.1, 0.15) is 11.5 Å². The molecule has 0 fully saturated rings. The molecule has 0 amide bonds. The van der Waals surface area contributed by atoms with E-state index in [0.717, 1.165) is 12.1 Å². The van der Waals surface area contributed by atoms with E-state index in [9.17, 15) is 8.78 Å². The number of aromatic nitrogens is 1. The second-order valence-corrected chi connectivity index (χ2v) is 4.31. The lowest BCUT2D eigenvalue weighted by Gasteiger charge is -2.00. The van der Waals surface area contributed by atoms with Crippen LogP contribution in [-0.4, -0.2) is 5.16 Å². The van der Waals surface area contributed by atoms with Crippen molar-refractivity contribution in [1.82, 2.24) is 5.16 Å². The first kappa shape index (κ1) is 11.1. The van der Waals surface area contributed by atoms with Gasteiger partial charge in [-0.05, 0) is 25.1 Å². The summed E-state index contributed by atoms with van der Waals surface area (Å²) in [7, 11) is 0. The summed E-state index contributed by atoms with van der Waals surface area (Å²) in [6.45, 7) is 1.78. The molecule has 0 unspecified atom stereocenters. The molecule has 0 saturated heterocycles. The molecule has 0 bridgehead atoms. The van der Waals surface area contributed by atoms with Crippen LogP contribution < -0.4 is 0 Å². The van der Waals surface area contributed by atoms with Gasteiger partial charge in [0.2, 0.25) is 0 Å². The van der Waals surface area contributed by atoms with E-state index in [1.807, 2.05) is 0 Å². The van der Waals surface area contributed by atoms with Gasteiger partial charge < -0.3 is 4.52 Å². The first-order valence-corrected chi connectivity index (χ1v) is 5.64. The molecule has 0 aliphatic rings. The van der Waals surface area contributed by atoms with Crippen LogP contribution in [0.4, 0.5) is 8.78 Å². The van der Waals surface area contributed by atoms with Crippen molar-refractivity contribution in [3.05, 3.63) is 47.4 Å². The Balaban J connectivity index is 2.07. The second kappa shape index (κ2) is 4.65. The number of nitrogens with zero attached hydrogens (tertiary/aromatic N) is 1. The summed E-state index contributed by atoms with van der Waals surface area (Å²) >= 11 is 1.19. The van der Waals surface area contributed by atoms with Gasteiger partial charge in [-0.15, -0.1) is 11.8 Å². The predicted molar refractivity (Wildman–Crippen MR) is 57.2 cm³/mol. The fraction of sp³-hybridized carbons (Fsp3) is 0.182. The second-order valence-electron chi connectivity index (χ2n) is 3.29. The highest BCUT2D eigenvalue weighted by Gasteiger charge is 2.06. The Morgan fingerprint density at radius 2 is 2.12 bits per heavy atom. The monoisotopic (exact) mass is 241 g/mol. The highest BCUT2D eigenvalue weighted by Crippen LogP contribution is 2.25. The highest BCUT2D eigenvalue weighted by molar-refractivity contribution is 7.98. The van der Waals surface area contributed by atoms with Crippen molar-refractivity contribution in [1.29, 1.82) is 0 Å². The number of thioether (sulfide) groups is 1. The third kappa shape index (κ3) is 2.61. The maximum Gasteiger partial charge on any atom is 0.136 e. The Kier molecular flexibility index (Phi) is 3.24. The Morgan fingerprint density at radius 1 is 1.31 bits per heavy atom. The minimum absolute atomic E-state index is 0.278. The molecule has 0 N–H and O–H groups in total. The standard InChI is InChI=1S/C11H9F2NOS/c1-7-4-9(14-15-7)6-16-11-5-8(12)2-3-10(11)13/h2-5H,6H2,1H3. The molecule has 1 aromatic heterocycles. The topological polar surface area (TPSA) is 26.0 Å². The maximum atomic E-state index is 13.2. The first-order valence-electron chi connectivity index (χ1n) is 4.65. The third-order valence-electron chi connectivity index (χ3n) is 1.95. The summed E-state index contributed by atoms with van der Waals surface area (Å²) in [5, 5.41) is 3.77. The summed E-state index contributed by atoms with van der Waals surface area (Å²) in [5.41, 5.74) is 0.714. The fourth-order valence-corrected chi connectivity index (χ4v) is 2.07. The average molecular weight is 241 g/mol. The largest absolute Gasteiger partial charge is 0.361 e. The summed E-state index contributed by atoms with van der Waals surface area (Å²) < 4.78 is 31.0. The zero-order valence-corrected chi connectivity index (χ0v) is 9.35. The molecule has 2 aromatic rings. The van der Waals surface area contributed by atoms with Crippen molar-refractivity contribution in [2.45, 2.75) is 17.6 Å². The summed E-state index contributed by atoms with van der Waals surface area (Å²) in [6, 6.07) is 5.16. The van der Waals surface area contributed by atoms with Crippen LogP contribution in [0, 0.1) is 18.6 Å². The molecule has 1 aromatic carbocycles. The van der Waals surface area contributed by atoms with Crippen molar-refractivity contribution in [3.63, 3.8) is 0 Å². The van der Waals surface area contributed by atoms with Crippen molar-refractivity contribution >= 4 is 11.8 Å². The van der Waals surface area contributed by atoms with E-state index in [1.165, 1.54) is 17.8 Å². The fourth-order valence-electron chi connectivity index (χ4n) is 1.23. The van der Waals surface area contributed by atoms with E-state index in [2.05, 4.69) is 5.16 Å². The zero-order chi connectivity index (χ0) is 11.5. The van der Waals surface area contributed by atoms with Gasteiger partial charge in [-0.25, -0.2) is 8.78 Å². The molecule has 0 aliphatic heterocycles. The van der Waals surface area contributed by atoms with Gasteiger partial charge in [-0.3, -0.25) is 0 Å². The van der Waals surface area contributed by atoms with Crippen LogP contribution in [0.15, 0.2) is 33.7 Å². The minimum atomic E-state index is -0.444. The number of hydrogen-bond acceptors (Lipinski definition) is 3. The van der Waals surface area contributed by atoms with Gasteiger partial charge in [-0.1, -0.05) is 5.16 Å². The molecule has 2 rings (SSSR count). The zero-order valence-electron chi connectivity index (χ0n) is 8.54. The van der Waals surface area contributed by atoms with E-state index in [-0.39, 0.29) is 4.90 Å². The third-order valence-corrected chi connectivity index (χ3v) is 3.01. The van der Waals surface area contributed by atoms with Crippen molar-refractivity contribution in [2.75, 3.05) is 0 Å². The van der Waals surface area contributed by atoms with Crippen LogP contribution in [0.3, 0.4) is 0 Å². The van der Waals surface area contributed by atoms with Crippen molar-refractivity contribution in [3.8, 4) is 0 Å². The van der Waals surface area contributed by atoms with E-state index in [4.69, 9.17) is 4.52 Å². The van der Waals surface area contributed by atoms with Crippen LogP contribution in [0.25, 0.3) is 0 Å². The molecule has 2 nitrogen and oxygen atoms in total. The molecule has 16 heavy (non-hydrogen) atoms. The molecule has 5 heteroatoms. The Morgan fingerprint density at radius 3 is 2.81 bits per heavy atom. The SMILES string of the molecule is Cc1cc(CSc2cc(F)ccc2F)no1. The number of aryl methyl sites for hydroxylation is 1. The number of benzene rings is 1. The highest BCUT2D eigenvalue weighted by atomic mass is 32.2. The van der Waals surface area contributed by atoms with Crippen LogP contribution in [0.2, 0.25) is 0 Å². The lowest BCUT2D eigenvalue weighted by Crippen LogP contribution is -1.85. The van der Waals surface area contributed by atoms with Gasteiger partial charge >= 0.3 is 0 Å². The molecule has 84 valence electrons. The molecule has 0 saturated carbocycles. The molecular formula is C11H9F2NOS. The quantitative estimate of drug-likeness (QED) is 0.768. The summed E-state index contributed by atoms with van der Waals surface area (Å²) in [6.07, 6.45) is 0. The molecule has 0 aliphatic carbocycles. The molecule has 1 heterocycles. The Labute approximate surface area is 95.6 Å². The van der Waals surface area contributed by atoms with E-state index >= 15 is 0 Å². The lowest BCUT2D eigenvalue weighted by molar-refractivity contribution is 0.393. The molecular weight excluding hydrogens is 232 g/mol. The smallest absolute Gasteiger partial charge is 0.136 e. The summed E-state index contributed by atoms with van der Waals surface area (Å²) in [4.78, 5) is 0.278.